The lowest BCUT2D eigenvalue weighted by atomic mass is 9.64. The van der Waals surface area contributed by atoms with Crippen LogP contribution in [0.4, 0.5) is 0 Å². The van der Waals surface area contributed by atoms with Crippen LogP contribution in [0.5, 0.6) is 0 Å². The Morgan fingerprint density at radius 2 is 1.90 bits per heavy atom. The van der Waals surface area contributed by atoms with Crippen molar-refractivity contribution in [1.82, 2.24) is 0 Å². The highest BCUT2D eigenvalue weighted by molar-refractivity contribution is 5.35. The average molecular weight is 285 g/mol. The maximum Gasteiger partial charge on any atom is 0.0686 e. The first-order chi connectivity index (χ1) is 10.2. The van der Waals surface area contributed by atoms with Crippen LogP contribution >= 0.6 is 0 Å². The summed E-state index contributed by atoms with van der Waals surface area (Å²) in [6.07, 6.45) is 11.0. The highest BCUT2D eigenvalue weighted by Crippen LogP contribution is 2.50. The maximum atomic E-state index is 7.09. The minimum Gasteiger partial charge on any atom is -0.375 e. The molecular formula is C19H27NO. The zero-order valence-corrected chi connectivity index (χ0v) is 12.9. The summed E-state index contributed by atoms with van der Waals surface area (Å²) in [5.41, 5.74) is 10.1. The molecule has 2 unspecified atom stereocenters. The first-order valence-electron chi connectivity index (χ1n) is 8.73. The molecule has 0 bridgehead atoms. The van der Waals surface area contributed by atoms with Crippen molar-refractivity contribution in [2.75, 3.05) is 6.61 Å². The zero-order valence-electron chi connectivity index (χ0n) is 12.9. The number of hydrogen-bond acceptors (Lipinski definition) is 2. The molecule has 21 heavy (non-hydrogen) atoms. The second-order valence-corrected chi connectivity index (χ2v) is 7.48. The fourth-order valence-electron chi connectivity index (χ4n) is 4.87. The van der Waals surface area contributed by atoms with Gasteiger partial charge in [0.1, 0.15) is 0 Å². The number of rotatable bonds is 1. The van der Waals surface area contributed by atoms with Crippen molar-refractivity contribution in [1.29, 1.82) is 0 Å². The van der Waals surface area contributed by atoms with E-state index in [0.717, 1.165) is 19.4 Å². The SMILES string of the molecule is NC1(C2CCOC3(CCC3)C2)CCCCc2ccccc21. The molecule has 1 aliphatic heterocycles. The Morgan fingerprint density at radius 1 is 1.05 bits per heavy atom. The van der Waals surface area contributed by atoms with Gasteiger partial charge in [0.15, 0.2) is 0 Å². The van der Waals surface area contributed by atoms with Crippen LogP contribution in [0.15, 0.2) is 24.3 Å². The second-order valence-electron chi connectivity index (χ2n) is 7.48. The number of aryl methyl sites for hydroxylation is 1. The van der Waals surface area contributed by atoms with E-state index in [9.17, 15) is 0 Å². The highest BCUT2D eigenvalue weighted by Gasteiger charge is 2.48. The van der Waals surface area contributed by atoms with Gasteiger partial charge in [-0.1, -0.05) is 30.7 Å². The number of benzene rings is 1. The summed E-state index contributed by atoms with van der Waals surface area (Å²) in [5, 5.41) is 0. The van der Waals surface area contributed by atoms with Gasteiger partial charge in [0.25, 0.3) is 0 Å². The summed E-state index contributed by atoms with van der Waals surface area (Å²) >= 11 is 0. The van der Waals surface area contributed by atoms with Crippen molar-refractivity contribution in [3.63, 3.8) is 0 Å². The molecule has 2 nitrogen and oxygen atoms in total. The molecule has 2 atom stereocenters. The molecule has 2 N–H and O–H groups in total. The molecule has 1 saturated heterocycles. The Bertz CT molecular complexity index is 522. The van der Waals surface area contributed by atoms with E-state index in [-0.39, 0.29) is 11.1 Å². The van der Waals surface area contributed by atoms with E-state index < -0.39 is 0 Å². The molecule has 114 valence electrons. The molecule has 2 fully saturated rings. The Kier molecular flexibility index (Phi) is 3.35. The van der Waals surface area contributed by atoms with Gasteiger partial charge in [-0.25, -0.2) is 0 Å². The Balaban J connectivity index is 1.68. The van der Waals surface area contributed by atoms with E-state index in [0.29, 0.717) is 5.92 Å². The van der Waals surface area contributed by atoms with Gasteiger partial charge >= 0.3 is 0 Å². The van der Waals surface area contributed by atoms with Gasteiger partial charge in [-0.05, 0) is 68.4 Å². The van der Waals surface area contributed by atoms with E-state index >= 15 is 0 Å². The molecular weight excluding hydrogens is 258 g/mol. The highest BCUT2D eigenvalue weighted by atomic mass is 16.5. The summed E-state index contributed by atoms with van der Waals surface area (Å²) < 4.78 is 6.13. The van der Waals surface area contributed by atoms with Crippen molar-refractivity contribution < 1.29 is 4.74 Å². The Morgan fingerprint density at radius 3 is 2.71 bits per heavy atom. The fraction of sp³-hybridized carbons (Fsp3) is 0.684. The third-order valence-corrected chi connectivity index (χ3v) is 6.29. The van der Waals surface area contributed by atoms with Crippen molar-refractivity contribution in [2.45, 2.75) is 68.9 Å². The van der Waals surface area contributed by atoms with Gasteiger partial charge in [0, 0.05) is 12.1 Å². The van der Waals surface area contributed by atoms with E-state index in [2.05, 4.69) is 24.3 Å². The van der Waals surface area contributed by atoms with Crippen molar-refractivity contribution in [3.8, 4) is 0 Å². The molecule has 4 rings (SSSR count). The number of hydrogen-bond donors (Lipinski definition) is 1. The van der Waals surface area contributed by atoms with Crippen molar-refractivity contribution in [2.24, 2.45) is 11.7 Å². The molecule has 1 aromatic rings. The lowest BCUT2D eigenvalue weighted by Gasteiger charge is -2.51. The molecule has 1 spiro atoms. The first-order valence-corrected chi connectivity index (χ1v) is 8.73. The van der Waals surface area contributed by atoms with Crippen LogP contribution in [0.1, 0.15) is 62.5 Å². The minimum absolute atomic E-state index is 0.126. The Hall–Kier alpha value is -0.860. The molecule has 0 radical (unpaired) electrons. The summed E-state index contributed by atoms with van der Waals surface area (Å²) in [4.78, 5) is 0. The maximum absolute atomic E-state index is 7.09. The molecule has 2 heteroatoms. The summed E-state index contributed by atoms with van der Waals surface area (Å²) in [5.74, 6) is 0.589. The third-order valence-electron chi connectivity index (χ3n) is 6.29. The van der Waals surface area contributed by atoms with Crippen LogP contribution in [0.2, 0.25) is 0 Å². The molecule has 0 aromatic heterocycles. The van der Waals surface area contributed by atoms with Gasteiger partial charge in [-0.2, -0.15) is 0 Å². The fourth-order valence-corrected chi connectivity index (χ4v) is 4.87. The predicted octanol–water partition coefficient (Wildman–Crippen LogP) is 3.92. The van der Waals surface area contributed by atoms with E-state index in [1.165, 1.54) is 56.1 Å². The first kappa shape index (κ1) is 13.8. The smallest absolute Gasteiger partial charge is 0.0686 e. The summed E-state index contributed by atoms with van der Waals surface area (Å²) in [6, 6.07) is 8.93. The van der Waals surface area contributed by atoms with Gasteiger partial charge in [0.2, 0.25) is 0 Å². The third kappa shape index (κ3) is 2.24. The van der Waals surface area contributed by atoms with E-state index in [1.807, 2.05) is 0 Å². The number of fused-ring (bicyclic) bond motifs is 1. The summed E-state index contributed by atoms with van der Waals surface area (Å²) in [6.45, 7) is 0.909. The van der Waals surface area contributed by atoms with Gasteiger partial charge < -0.3 is 10.5 Å². The topological polar surface area (TPSA) is 35.2 Å². The van der Waals surface area contributed by atoms with Crippen molar-refractivity contribution in [3.05, 3.63) is 35.4 Å². The lowest BCUT2D eigenvalue weighted by Crippen LogP contribution is -2.54. The van der Waals surface area contributed by atoms with Gasteiger partial charge in [0.05, 0.1) is 5.60 Å². The average Bonchev–Trinajstić information content (AvgIpc) is 2.67. The molecule has 3 aliphatic rings. The Labute approximate surface area is 128 Å². The molecule has 0 amide bonds. The second kappa shape index (κ2) is 5.10. The van der Waals surface area contributed by atoms with Gasteiger partial charge in [-0.15, -0.1) is 0 Å². The molecule has 1 saturated carbocycles. The van der Waals surface area contributed by atoms with Gasteiger partial charge in [-0.3, -0.25) is 0 Å². The standard InChI is InChI=1S/C19H27NO/c20-19(16-9-13-21-18(14-16)10-5-11-18)12-4-3-7-15-6-1-2-8-17(15)19/h1-2,6,8,16H,3-5,7,9-14,20H2. The van der Waals surface area contributed by atoms with Crippen LogP contribution in [-0.2, 0) is 16.7 Å². The zero-order chi connectivity index (χ0) is 14.3. The normalized spacial score (nSPS) is 34.8. The monoisotopic (exact) mass is 285 g/mol. The van der Waals surface area contributed by atoms with Crippen LogP contribution in [0, 0.1) is 5.92 Å². The summed E-state index contributed by atoms with van der Waals surface area (Å²) in [7, 11) is 0. The van der Waals surface area contributed by atoms with Crippen LogP contribution in [0.25, 0.3) is 0 Å². The van der Waals surface area contributed by atoms with Crippen molar-refractivity contribution >= 4 is 0 Å². The number of ether oxygens (including phenoxy) is 1. The van der Waals surface area contributed by atoms with Crippen LogP contribution in [0.3, 0.4) is 0 Å². The minimum atomic E-state index is -0.126. The molecule has 1 aromatic carbocycles. The van der Waals surface area contributed by atoms with Crippen LogP contribution in [-0.4, -0.2) is 12.2 Å². The van der Waals surface area contributed by atoms with Crippen LogP contribution < -0.4 is 5.73 Å². The largest absolute Gasteiger partial charge is 0.375 e. The lowest BCUT2D eigenvalue weighted by molar-refractivity contribution is -0.153. The number of nitrogens with two attached hydrogens (primary N) is 1. The molecule has 2 aliphatic carbocycles. The quantitative estimate of drug-likeness (QED) is 0.794. The molecule has 1 heterocycles. The van der Waals surface area contributed by atoms with E-state index in [1.54, 1.807) is 0 Å². The van der Waals surface area contributed by atoms with E-state index in [4.69, 9.17) is 10.5 Å². The predicted molar refractivity (Wildman–Crippen MR) is 85.1 cm³/mol.